The molecule has 0 aliphatic rings. The van der Waals surface area contributed by atoms with E-state index in [2.05, 4.69) is 39.6 Å². The van der Waals surface area contributed by atoms with Gasteiger partial charge in [-0.2, -0.15) is 0 Å². The SMILES string of the molecule is CC[Si](CC)(CC)O[C@@H](c1nc(C(=O)OC)cs1)C(C)C. The van der Waals surface area contributed by atoms with E-state index in [0.29, 0.717) is 11.6 Å². The van der Waals surface area contributed by atoms with Crippen LogP contribution >= 0.6 is 11.3 Å². The van der Waals surface area contributed by atoms with Gasteiger partial charge in [-0.1, -0.05) is 34.6 Å². The molecule has 1 rings (SSSR count). The Kier molecular flexibility index (Phi) is 7.03. The number of carbonyl (C=O) groups excluding carboxylic acids is 1. The lowest BCUT2D eigenvalue weighted by Gasteiger charge is -2.34. The third-order valence-corrected chi connectivity index (χ3v) is 9.60. The number of aromatic nitrogens is 1. The van der Waals surface area contributed by atoms with Gasteiger partial charge in [-0.15, -0.1) is 11.3 Å². The zero-order chi connectivity index (χ0) is 16.0. The maximum Gasteiger partial charge on any atom is 0.357 e. The molecule has 0 radical (unpaired) electrons. The summed E-state index contributed by atoms with van der Waals surface area (Å²) in [7, 11) is -0.326. The summed E-state index contributed by atoms with van der Waals surface area (Å²) < 4.78 is 11.3. The van der Waals surface area contributed by atoms with Gasteiger partial charge in [0.05, 0.1) is 13.2 Å². The summed E-state index contributed by atoms with van der Waals surface area (Å²) >= 11 is 1.49. The van der Waals surface area contributed by atoms with Crippen LogP contribution < -0.4 is 0 Å². The number of methoxy groups -OCH3 is 1. The van der Waals surface area contributed by atoms with E-state index in [9.17, 15) is 4.79 Å². The number of rotatable bonds is 8. The minimum atomic E-state index is -1.70. The van der Waals surface area contributed by atoms with Crippen LogP contribution in [0.5, 0.6) is 0 Å². The average molecular weight is 330 g/mol. The van der Waals surface area contributed by atoms with Crippen LogP contribution in [0.25, 0.3) is 0 Å². The minimum absolute atomic E-state index is 0.0278. The number of ether oxygens (including phenoxy) is 1. The van der Waals surface area contributed by atoms with Crippen LogP contribution in [0.3, 0.4) is 0 Å². The number of thiazole rings is 1. The highest BCUT2D eigenvalue weighted by Gasteiger charge is 2.35. The summed E-state index contributed by atoms with van der Waals surface area (Å²) in [4.78, 5) is 16.0. The van der Waals surface area contributed by atoms with Gasteiger partial charge in [-0.25, -0.2) is 9.78 Å². The largest absolute Gasteiger partial charge is 0.464 e. The van der Waals surface area contributed by atoms with Gasteiger partial charge in [0, 0.05) is 5.38 Å². The molecule has 0 unspecified atom stereocenters. The van der Waals surface area contributed by atoms with Crippen molar-refractivity contribution in [2.75, 3.05) is 7.11 Å². The van der Waals surface area contributed by atoms with E-state index in [1.807, 2.05) is 0 Å². The topological polar surface area (TPSA) is 48.4 Å². The first-order valence-corrected chi connectivity index (χ1v) is 11.0. The molecule has 0 amide bonds. The maximum absolute atomic E-state index is 11.6. The van der Waals surface area contributed by atoms with Crippen molar-refractivity contribution < 1.29 is 14.0 Å². The predicted octanol–water partition coefficient (Wildman–Crippen LogP) is 4.65. The number of hydrogen-bond acceptors (Lipinski definition) is 5. The molecule has 1 heterocycles. The molecule has 0 saturated heterocycles. The van der Waals surface area contributed by atoms with E-state index in [1.54, 1.807) is 5.38 Å². The first kappa shape index (κ1) is 18.3. The summed E-state index contributed by atoms with van der Waals surface area (Å²) in [6.45, 7) is 10.9. The number of nitrogens with zero attached hydrogens (tertiary/aromatic N) is 1. The zero-order valence-electron chi connectivity index (χ0n) is 13.9. The van der Waals surface area contributed by atoms with Gasteiger partial charge in [0.2, 0.25) is 0 Å². The standard InChI is InChI=1S/C15H27NO3SSi/c1-7-21(8-2,9-3)19-13(11(4)5)14-16-12(10-20-14)15(17)18-6/h10-11,13H,7-9H2,1-6H3/t13-/m1/s1. The van der Waals surface area contributed by atoms with Crippen LogP contribution in [0.15, 0.2) is 5.38 Å². The number of carbonyl (C=O) groups is 1. The second-order valence-corrected chi connectivity index (χ2v) is 11.2. The first-order chi connectivity index (χ1) is 9.92. The van der Waals surface area contributed by atoms with Gasteiger partial charge < -0.3 is 9.16 Å². The Labute approximate surface area is 133 Å². The summed E-state index contributed by atoms with van der Waals surface area (Å²) in [5, 5.41) is 2.64. The molecule has 0 aromatic carbocycles. The Balaban J connectivity index is 3.02. The molecule has 1 atom stereocenters. The lowest BCUT2D eigenvalue weighted by molar-refractivity contribution is 0.0593. The summed E-state index contributed by atoms with van der Waals surface area (Å²) in [5.41, 5.74) is 0.378. The van der Waals surface area contributed by atoms with Crippen LogP contribution in [0, 0.1) is 5.92 Å². The Morgan fingerprint density at radius 2 is 1.86 bits per heavy atom. The molecule has 6 heteroatoms. The number of hydrogen-bond donors (Lipinski definition) is 0. The van der Waals surface area contributed by atoms with Crippen molar-refractivity contribution in [1.29, 1.82) is 0 Å². The molecule has 0 spiro atoms. The highest BCUT2D eigenvalue weighted by atomic mass is 32.1. The molecule has 0 aliphatic heterocycles. The predicted molar refractivity (Wildman–Crippen MR) is 89.3 cm³/mol. The lowest BCUT2D eigenvalue weighted by Crippen LogP contribution is -2.38. The Morgan fingerprint density at radius 3 is 2.29 bits per heavy atom. The van der Waals surface area contributed by atoms with Crippen molar-refractivity contribution in [2.45, 2.75) is 58.9 Å². The van der Waals surface area contributed by atoms with Crippen molar-refractivity contribution in [1.82, 2.24) is 4.98 Å². The van der Waals surface area contributed by atoms with Crippen molar-refractivity contribution in [3.8, 4) is 0 Å². The highest BCUT2D eigenvalue weighted by molar-refractivity contribution is 7.09. The van der Waals surface area contributed by atoms with Crippen LogP contribution in [0.2, 0.25) is 18.1 Å². The van der Waals surface area contributed by atoms with Crippen LogP contribution in [0.1, 0.15) is 56.2 Å². The third-order valence-electron chi connectivity index (χ3n) is 4.08. The van der Waals surface area contributed by atoms with Crippen molar-refractivity contribution in [3.63, 3.8) is 0 Å². The summed E-state index contributed by atoms with van der Waals surface area (Å²) in [5.74, 6) is -0.0526. The molecule has 0 bridgehead atoms. The first-order valence-electron chi connectivity index (χ1n) is 7.64. The molecular weight excluding hydrogens is 302 g/mol. The van der Waals surface area contributed by atoms with Crippen molar-refractivity contribution >= 4 is 25.6 Å². The molecule has 1 aromatic rings. The van der Waals surface area contributed by atoms with E-state index < -0.39 is 8.32 Å². The summed E-state index contributed by atoms with van der Waals surface area (Å²) in [6, 6.07) is 3.33. The van der Waals surface area contributed by atoms with Gasteiger partial charge in [0.1, 0.15) is 5.01 Å². The van der Waals surface area contributed by atoms with Crippen LogP contribution in [-0.4, -0.2) is 26.4 Å². The van der Waals surface area contributed by atoms with E-state index in [-0.39, 0.29) is 12.1 Å². The van der Waals surface area contributed by atoms with Gasteiger partial charge in [-0.05, 0) is 24.1 Å². The van der Waals surface area contributed by atoms with Crippen LogP contribution in [0.4, 0.5) is 0 Å². The molecule has 1 aromatic heterocycles. The molecule has 120 valence electrons. The minimum Gasteiger partial charge on any atom is -0.464 e. The van der Waals surface area contributed by atoms with E-state index in [0.717, 1.165) is 23.1 Å². The molecule has 0 aliphatic carbocycles. The second kappa shape index (κ2) is 8.05. The fourth-order valence-electron chi connectivity index (χ4n) is 2.36. The molecular formula is C15H27NO3SSi. The fourth-order valence-corrected chi connectivity index (χ4v) is 6.35. The molecule has 0 saturated carbocycles. The van der Waals surface area contributed by atoms with E-state index in [1.165, 1.54) is 18.4 Å². The Morgan fingerprint density at radius 1 is 1.29 bits per heavy atom. The van der Waals surface area contributed by atoms with Gasteiger partial charge in [0.15, 0.2) is 14.0 Å². The van der Waals surface area contributed by atoms with Gasteiger partial charge in [0.25, 0.3) is 0 Å². The monoisotopic (exact) mass is 329 g/mol. The van der Waals surface area contributed by atoms with Gasteiger partial charge in [-0.3, -0.25) is 0 Å². The fraction of sp³-hybridized carbons (Fsp3) is 0.733. The van der Waals surface area contributed by atoms with Crippen molar-refractivity contribution in [2.24, 2.45) is 5.92 Å². The molecule has 21 heavy (non-hydrogen) atoms. The van der Waals surface area contributed by atoms with E-state index >= 15 is 0 Å². The maximum atomic E-state index is 11.6. The molecule has 0 N–H and O–H groups in total. The zero-order valence-corrected chi connectivity index (χ0v) is 15.8. The number of esters is 1. The Hall–Kier alpha value is -0.723. The normalized spacial score (nSPS) is 13.5. The third kappa shape index (κ3) is 4.37. The van der Waals surface area contributed by atoms with Crippen LogP contribution in [-0.2, 0) is 9.16 Å². The summed E-state index contributed by atoms with van der Waals surface area (Å²) in [6.07, 6.45) is -0.0278. The smallest absolute Gasteiger partial charge is 0.357 e. The van der Waals surface area contributed by atoms with Crippen molar-refractivity contribution in [3.05, 3.63) is 16.1 Å². The molecule has 0 fully saturated rings. The second-order valence-electron chi connectivity index (χ2n) is 5.59. The lowest BCUT2D eigenvalue weighted by atomic mass is 10.1. The Bertz CT molecular complexity index is 449. The van der Waals surface area contributed by atoms with E-state index in [4.69, 9.17) is 9.16 Å². The van der Waals surface area contributed by atoms with Gasteiger partial charge >= 0.3 is 5.97 Å². The molecule has 4 nitrogen and oxygen atoms in total. The average Bonchev–Trinajstić information content (AvgIpc) is 2.97. The quantitative estimate of drug-likeness (QED) is 0.514. The highest BCUT2D eigenvalue weighted by Crippen LogP contribution is 2.35.